The maximum absolute atomic E-state index is 13.0. The summed E-state index contributed by atoms with van der Waals surface area (Å²) in [6, 6.07) is 6.80. The molecule has 1 saturated heterocycles. The zero-order valence-corrected chi connectivity index (χ0v) is 11.9. The Morgan fingerprint density at radius 2 is 2.26 bits per heavy atom. The zero-order chi connectivity index (χ0) is 13.9. The largest absolute Gasteiger partial charge is 0.314 e. The molecule has 0 aliphatic carbocycles. The molecule has 5 heteroatoms. The lowest BCUT2D eigenvalue weighted by molar-refractivity contribution is 0.464. The SMILES string of the molecule is CC(Cc1cccc(F)c1)NCC1CCS(=O)(=O)C1. The molecular formula is C14H20FNO2S. The van der Waals surface area contributed by atoms with Gasteiger partial charge in [0.05, 0.1) is 11.5 Å². The van der Waals surface area contributed by atoms with Gasteiger partial charge in [0.25, 0.3) is 0 Å². The summed E-state index contributed by atoms with van der Waals surface area (Å²) in [7, 11) is -2.80. The molecule has 2 rings (SSSR count). The standard InChI is InChI=1S/C14H20FNO2S/c1-11(7-12-3-2-4-14(15)8-12)16-9-13-5-6-19(17,18)10-13/h2-4,8,11,13,16H,5-7,9-10H2,1H3. The second-order valence-electron chi connectivity index (χ2n) is 5.41. The summed E-state index contributed by atoms with van der Waals surface area (Å²) in [5.41, 5.74) is 0.957. The monoisotopic (exact) mass is 285 g/mol. The van der Waals surface area contributed by atoms with Crippen molar-refractivity contribution >= 4 is 9.84 Å². The minimum Gasteiger partial charge on any atom is -0.314 e. The van der Waals surface area contributed by atoms with Gasteiger partial charge < -0.3 is 5.32 Å². The van der Waals surface area contributed by atoms with Crippen LogP contribution in [0.2, 0.25) is 0 Å². The Labute approximate surface area is 114 Å². The Morgan fingerprint density at radius 3 is 2.89 bits per heavy atom. The van der Waals surface area contributed by atoms with Gasteiger partial charge in [0, 0.05) is 6.04 Å². The minimum atomic E-state index is -2.80. The molecule has 0 radical (unpaired) electrons. The molecule has 0 bridgehead atoms. The van der Waals surface area contributed by atoms with Gasteiger partial charge in [0.1, 0.15) is 5.82 Å². The number of halogens is 1. The average Bonchev–Trinajstić information content (AvgIpc) is 2.66. The first-order valence-electron chi connectivity index (χ1n) is 6.63. The van der Waals surface area contributed by atoms with Gasteiger partial charge in [-0.25, -0.2) is 12.8 Å². The number of hydrogen-bond acceptors (Lipinski definition) is 3. The van der Waals surface area contributed by atoms with E-state index < -0.39 is 9.84 Å². The molecule has 2 atom stereocenters. The summed E-state index contributed by atoms with van der Waals surface area (Å²) >= 11 is 0. The molecule has 106 valence electrons. The van der Waals surface area contributed by atoms with E-state index in [1.54, 1.807) is 6.07 Å². The first-order chi connectivity index (χ1) is 8.94. The molecule has 1 fully saturated rings. The fourth-order valence-corrected chi connectivity index (χ4v) is 4.35. The second kappa shape index (κ2) is 6.01. The van der Waals surface area contributed by atoms with Crippen molar-refractivity contribution in [2.75, 3.05) is 18.1 Å². The Balaban J connectivity index is 1.77. The van der Waals surface area contributed by atoms with Crippen molar-refractivity contribution in [3.63, 3.8) is 0 Å². The van der Waals surface area contributed by atoms with E-state index in [-0.39, 0.29) is 17.8 Å². The van der Waals surface area contributed by atoms with Crippen molar-refractivity contribution in [2.24, 2.45) is 5.92 Å². The van der Waals surface area contributed by atoms with E-state index in [1.807, 2.05) is 13.0 Å². The third-order valence-corrected chi connectivity index (χ3v) is 5.35. The molecule has 1 aliphatic heterocycles. The predicted octanol–water partition coefficient (Wildman–Crippen LogP) is 1.78. The van der Waals surface area contributed by atoms with Crippen LogP contribution in [-0.4, -0.2) is 32.5 Å². The molecule has 0 spiro atoms. The van der Waals surface area contributed by atoms with Gasteiger partial charge in [-0.2, -0.15) is 0 Å². The summed E-state index contributed by atoms with van der Waals surface area (Å²) in [5, 5.41) is 3.34. The summed E-state index contributed by atoms with van der Waals surface area (Å²) in [6.45, 7) is 2.75. The van der Waals surface area contributed by atoms with Crippen LogP contribution in [0.4, 0.5) is 4.39 Å². The van der Waals surface area contributed by atoms with Crippen LogP contribution in [0.15, 0.2) is 24.3 Å². The maximum Gasteiger partial charge on any atom is 0.150 e. The highest BCUT2D eigenvalue weighted by molar-refractivity contribution is 7.91. The third-order valence-electron chi connectivity index (χ3n) is 3.51. The first kappa shape index (κ1) is 14.5. The summed E-state index contributed by atoms with van der Waals surface area (Å²) < 4.78 is 35.7. The Bertz CT molecular complexity index is 530. The van der Waals surface area contributed by atoms with Crippen LogP contribution in [0.1, 0.15) is 18.9 Å². The summed E-state index contributed by atoms with van der Waals surface area (Å²) in [5.74, 6) is 0.621. The Kier molecular flexibility index (Phi) is 4.58. The lowest BCUT2D eigenvalue weighted by Gasteiger charge is -2.16. The molecule has 0 aromatic heterocycles. The molecule has 19 heavy (non-hydrogen) atoms. The first-order valence-corrected chi connectivity index (χ1v) is 8.45. The number of rotatable bonds is 5. The fourth-order valence-electron chi connectivity index (χ4n) is 2.49. The van der Waals surface area contributed by atoms with Gasteiger partial charge in [0.2, 0.25) is 0 Å². The van der Waals surface area contributed by atoms with Crippen LogP contribution < -0.4 is 5.32 Å². The quantitative estimate of drug-likeness (QED) is 0.897. The van der Waals surface area contributed by atoms with E-state index in [1.165, 1.54) is 12.1 Å². The van der Waals surface area contributed by atoms with E-state index in [0.29, 0.717) is 11.5 Å². The lowest BCUT2D eigenvalue weighted by atomic mass is 10.1. The van der Waals surface area contributed by atoms with E-state index in [4.69, 9.17) is 0 Å². The number of sulfone groups is 1. The molecule has 1 aromatic carbocycles. The van der Waals surface area contributed by atoms with Crippen molar-refractivity contribution < 1.29 is 12.8 Å². The molecular weight excluding hydrogens is 265 g/mol. The molecule has 3 nitrogen and oxygen atoms in total. The lowest BCUT2D eigenvalue weighted by Crippen LogP contribution is -2.33. The summed E-state index contributed by atoms with van der Waals surface area (Å²) in [4.78, 5) is 0. The number of hydrogen-bond donors (Lipinski definition) is 1. The van der Waals surface area contributed by atoms with Gasteiger partial charge in [-0.1, -0.05) is 12.1 Å². The number of nitrogens with one attached hydrogen (secondary N) is 1. The van der Waals surface area contributed by atoms with Crippen molar-refractivity contribution in [3.05, 3.63) is 35.6 Å². The molecule has 1 heterocycles. The fraction of sp³-hybridized carbons (Fsp3) is 0.571. The highest BCUT2D eigenvalue weighted by Gasteiger charge is 2.27. The molecule has 0 saturated carbocycles. The van der Waals surface area contributed by atoms with Crippen molar-refractivity contribution in [2.45, 2.75) is 25.8 Å². The topological polar surface area (TPSA) is 46.2 Å². The van der Waals surface area contributed by atoms with Gasteiger partial charge >= 0.3 is 0 Å². The van der Waals surface area contributed by atoms with Gasteiger partial charge in [0.15, 0.2) is 9.84 Å². The van der Waals surface area contributed by atoms with E-state index >= 15 is 0 Å². The van der Waals surface area contributed by atoms with E-state index in [9.17, 15) is 12.8 Å². The predicted molar refractivity (Wildman–Crippen MR) is 74.3 cm³/mol. The van der Waals surface area contributed by atoms with Gasteiger partial charge in [-0.05, 0) is 49.9 Å². The number of benzene rings is 1. The van der Waals surface area contributed by atoms with Crippen molar-refractivity contribution in [1.29, 1.82) is 0 Å². The van der Waals surface area contributed by atoms with E-state index in [0.717, 1.165) is 24.9 Å². The van der Waals surface area contributed by atoms with Crippen LogP contribution in [0.25, 0.3) is 0 Å². The molecule has 2 unspecified atom stereocenters. The van der Waals surface area contributed by atoms with Crippen LogP contribution >= 0.6 is 0 Å². The highest BCUT2D eigenvalue weighted by Crippen LogP contribution is 2.17. The zero-order valence-electron chi connectivity index (χ0n) is 11.1. The average molecular weight is 285 g/mol. The summed E-state index contributed by atoms with van der Waals surface area (Å²) in [6.07, 6.45) is 1.50. The molecule has 1 N–H and O–H groups in total. The normalized spacial score (nSPS) is 23.4. The Morgan fingerprint density at radius 1 is 1.47 bits per heavy atom. The van der Waals surface area contributed by atoms with Crippen LogP contribution in [-0.2, 0) is 16.3 Å². The maximum atomic E-state index is 13.0. The van der Waals surface area contributed by atoms with Crippen LogP contribution in [0, 0.1) is 11.7 Å². The van der Waals surface area contributed by atoms with E-state index in [2.05, 4.69) is 5.32 Å². The smallest absolute Gasteiger partial charge is 0.150 e. The minimum absolute atomic E-state index is 0.213. The van der Waals surface area contributed by atoms with Crippen LogP contribution in [0.3, 0.4) is 0 Å². The highest BCUT2D eigenvalue weighted by atomic mass is 32.2. The second-order valence-corrected chi connectivity index (χ2v) is 7.64. The van der Waals surface area contributed by atoms with Crippen LogP contribution in [0.5, 0.6) is 0 Å². The molecule has 0 amide bonds. The van der Waals surface area contributed by atoms with Gasteiger partial charge in [-0.3, -0.25) is 0 Å². The molecule has 1 aliphatic rings. The Hall–Kier alpha value is -0.940. The molecule has 1 aromatic rings. The van der Waals surface area contributed by atoms with Crippen molar-refractivity contribution in [3.8, 4) is 0 Å². The van der Waals surface area contributed by atoms with Gasteiger partial charge in [-0.15, -0.1) is 0 Å². The van der Waals surface area contributed by atoms with Crippen molar-refractivity contribution in [1.82, 2.24) is 5.32 Å². The third kappa shape index (κ3) is 4.58.